The van der Waals surface area contributed by atoms with Gasteiger partial charge in [0.1, 0.15) is 5.69 Å². The number of alkyl halides is 3. The first-order valence-electron chi connectivity index (χ1n) is 7.44. The molecule has 0 radical (unpaired) electrons. The third-order valence-electron chi connectivity index (χ3n) is 4.05. The minimum Gasteiger partial charge on any atom is -0.347 e. The molecule has 0 spiro atoms. The first-order chi connectivity index (χ1) is 10.9. The van der Waals surface area contributed by atoms with Crippen molar-refractivity contribution in [1.29, 1.82) is 0 Å². The zero-order chi connectivity index (χ0) is 16.6. The van der Waals surface area contributed by atoms with Gasteiger partial charge in [-0.3, -0.25) is 4.79 Å². The lowest BCUT2D eigenvalue weighted by atomic mass is 10.1. The highest BCUT2D eigenvalue weighted by Gasteiger charge is 2.34. The lowest BCUT2D eigenvalue weighted by Gasteiger charge is -2.23. The molecule has 122 valence electrons. The molecule has 0 N–H and O–H groups in total. The van der Waals surface area contributed by atoms with Crippen molar-refractivity contribution < 1.29 is 18.0 Å². The number of carbonyl (C=O) groups is 1. The van der Waals surface area contributed by atoms with Crippen LogP contribution in [0.5, 0.6) is 0 Å². The van der Waals surface area contributed by atoms with Crippen molar-refractivity contribution in [3.05, 3.63) is 59.4 Å². The molecular weight excluding hydrogens is 305 g/mol. The second kappa shape index (κ2) is 5.76. The molecule has 0 saturated heterocycles. The largest absolute Gasteiger partial charge is 0.416 e. The first kappa shape index (κ1) is 15.6. The Balaban J connectivity index is 1.78. The zero-order valence-electron chi connectivity index (χ0n) is 12.7. The van der Waals surface area contributed by atoms with E-state index in [1.165, 1.54) is 12.1 Å². The van der Waals surface area contributed by atoms with Crippen molar-refractivity contribution in [1.82, 2.24) is 9.47 Å². The Hall–Kier alpha value is -2.24. The molecule has 3 rings (SSSR count). The van der Waals surface area contributed by atoms with E-state index in [1.54, 1.807) is 34.8 Å². The number of hydrogen-bond donors (Lipinski definition) is 0. The third-order valence-corrected chi connectivity index (χ3v) is 4.05. The number of aromatic nitrogens is 1. The lowest BCUT2D eigenvalue weighted by Crippen LogP contribution is -2.33. The van der Waals surface area contributed by atoms with Crippen LogP contribution in [-0.4, -0.2) is 21.4 Å². The molecule has 1 aliphatic rings. The number of nitrogens with zero attached hydrogens (tertiary/aromatic N) is 2. The highest BCUT2D eigenvalue weighted by molar-refractivity contribution is 5.93. The van der Waals surface area contributed by atoms with E-state index in [1.807, 2.05) is 0 Å². The van der Waals surface area contributed by atoms with Crippen molar-refractivity contribution in [3.63, 3.8) is 0 Å². The van der Waals surface area contributed by atoms with E-state index in [2.05, 4.69) is 0 Å². The Kier molecular flexibility index (Phi) is 3.92. The standard InChI is InChI=1S/C17H17F3N2O/c1-21-10-2-3-15(21)16(23)22(14-8-9-14)11-12-4-6-13(7-5-12)17(18,19)20/h2-7,10,14H,8-9,11H2,1H3. The Labute approximate surface area is 132 Å². The second-order valence-electron chi connectivity index (χ2n) is 5.86. The number of benzene rings is 1. The molecule has 1 heterocycles. The molecule has 0 unspecified atom stereocenters. The third kappa shape index (κ3) is 3.41. The van der Waals surface area contributed by atoms with Gasteiger partial charge in [-0.15, -0.1) is 0 Å². The van der Waals surface area contributed by atoms with Crippen LogP contribution >= 0.6 is 0 Å². The second-order valence-corrected chi connectivity index (χ2v) is 5.86. The van der Waals surface area contributed by atoms with Crippen LogP contribution in [0.3, 0.4) is 0 Å². The lowest BCUT2D eigenvalue weighted by molar-refractivity contribution is -0.137. The summed E-state index contributed by atoms with van der Waals surface area (Å²) in [6.45, 7) is 0.326. The fraction of sp³-hybridized carbons (Fsp3) is 0.353. The highest BCUT2D eigenvalue weighted by atomic mass is 19.4. The SMILES string of the molecule is Cn1cccc1C(=O)N(Cc1ccc(C(F)(F)F)cc1)C1CC1. The van der Waals surface area contributed by atoms with Gasteiger partial charge >= 0.3 is 6.18 Å². The summed E-state index contributed by atoms with van der Waals surface area (Å²) in [7, 11) is 1.80. The molecule has 3 nitrogen and oxygen atoms in total. The summed E-state index contributed by atoms with van der Waals surface area (Å²) in [5.74, 6) is -0.0834. The number of amides is 1. The summed E-state index contributed by atoms with van der Waals surface area (Å²) in [5.41, 5.74) is 0.615. The van der Waals surface area contributed by atoms with Crippen LogP contribution in [0, 0.1) is 0 Å². The Morgan fingerprint density at radius 2 is 1.87 bits per heavy atom. The van der Waals surface area contributed by atoms with Crippen LogP contribution in [0.4, 0.5) is 13.2 Å². The molecule has 0 atom stereocenters. The smallest absolute Gasteiger partial charge is 0.347 e. The van der Waals surface area contributed by atoms with Crippen molar-refractivity contribution in [2.24, 2.45) is 7.05 Å². The molecule has 1 amide bonds. The molecule has 1 aromatic heterocycles. The predicted octanol–water partition coefficient (Wildman–Crippen LogP) is 3.85. The topological polar surface area (TPSA) is 25.2 Å². The van der Waals surface area contributed by atoms with Gasteiger partial charge in [0.25, 0.3) is 5.91 Å². The van der Waals surface area contributed by atoms with E-state index in [9.17, 15) is 18.0 Å². The summed E-state index contributed by atoms with van der Waals surface area (Å²) in [6.07, 6.45) is -0.655. The fourth-order valence-corrected chi connectivity index (χ4v) is 2.58. The van der Waals surface area contributed by atoms with Gasteiger partial charge in [0, 0.05) is 25.8 Å². The summed E-state index contributed by atoms with van der Waals surface area (Å²) in [6, 6.07) is 8.74. The molecule has 1 aliphatic carbocycles. The number of hydrogen-bond acceptors (Lipinski definition) is 1. The van der Waals surface area contributed by atoms with Gasteiger partial charge in [0.2, 0.25) is 0 Å². The molecule has 0 bridgehead atoms. The monoisotopic (exact) mass is 322 g/mol. The van der Waals surface area contributed by atoms with Gasteiger partial charge in [-0.25, -0.2) is 0 Å². The summed E-state index contributed by atoms with van der Waals surface area (Å²) < 4.78 is 39.6. The van der Waals surface area contributed by atoms with Gasteiger partial charge in [-0.2, -0.15) is 13.2 Å². The maximum atomic E-state index is 12.7. The van der Waals surface area contributed by atoms with Crippen LogP contribution in [0.2, 0.25) is 0 Å². The van der Waals surface area contributed by atoms with Crippen molar-refractivity contribution >= 4 is 5.91 Å². The van der Waals surface area contributed by atoms with Gasteiger partial charge in [-0.1, -0.05) is 12.1 Å². The van der Waals surface area contributed by atoms with Gasteiger partial charge in [0.15, 0.2) is 0 Å². The van der Waals surface area contributed by atoms with Crippen LogP contribution in [0.15, 0.2) is 42.6 Å². The van der Waals surface area contributed by atoms with Crippen LogP contribution < -0.4 is 0 Å². The summed E-state index contributed by atoms with van der Waals surface area (Å²) in [5, 5.41) is 0. The van der Waals surface area contributed by atoms with E-state index < -0.39 is 11.7 Å². The van der Waals surface area contributed by atoms with E-state index in [4.69, 9.17) is 0 Å². The fourth-order valence-electron chi connectivity index (χ4n) is 2.58. The van der Waals surface area contributed by atoms with E-state index >= 15 is 0 Å². The Morgan fingerprint density at radius 3 is 2.35 bits per heavy atom. The summed E-state index contributed by atoms with van der Waals surface area (Å²) in [4.78, 5) is 14.4. The van der Waals surface area contributed by atoms with E-state index in [0.29, 0.717) is 17.8 Å². The van der Waals surface area contributed by atoms with Gasteiger partial charge < -0.3 is 9.47 Å². The van der Waals surface area contributed by atoms with Crippen molar-refractivity contribution in [3.8, 4) is 0 Å². The minimum atomic E-state index is -4.34. The van der Waals surface area contributed by atoms with Crippen LogP contribution in [0.1, 0.15) is 34.5 Å². The molecular formula is C17H17F3N2O. The normalized spacial score (nSPS) is 14.8. The predicted molar refractivity (Wildman–Crippen MR) is 79.8 cm³/mol. The molecule has 1 saturated carbocycles. The zero-order valence-corrected chi connectivity index (χ0v) is 12.7. The minimum absolute atomic E-state index is 0.0834. The molecule has 23 heavy (non-hydrogen) atoms. The van der Waals surface area contributed by atoms with Crippen LogP contribution in [-0.2, 0) is 19.8 Å². The quantitative estimate of drug-likeness (QED) is 0.839. The van der Waals surface area contributed by atoms with Crippen molar-refractivity contribution in [2.45, 2.75) is 31.6 Å². The van der Waals surface area contributed by atoms with E-state index in [-0.39, 0.29) is 11.9 Å². The van der Waals surface area contributed by atoms with Gasteiger partial charge in [-0.05, 0) is 42.7 Å². The number of aryl methyl sites for hydroxylation is 1. The molecule has 2 aromatic rings. The maximum Gasteiger partial charge on any atom is 0.416 e. The summed E-state index contributed by atoms with van der Waals surface area (Å²) >= 11 is 0. The van der Waals surface area contributed by atoms with Crippen LogP contribution in [0.25, 0.3) is 0 Å². The number of halogens is 3. The number of rotatable bonds is 4. The molecule has 6 heteroatoms. The molecule has 0 aliphatic heterocycles. The van der Waals surface area contributed by atoms with Gasteiger partial charge in [0.05, 0.1) is 5.56 Å². The van der Waals surface area contributed by atoms with E-state index in [0.717, 1.165) is 25.0 Å². The van der Waals surface area contributed by atoms with Crippen molar-refractivity contribution in [2.75, 3.05) is 0 Å². The number of carbonyl (C=O) groups excluding carboxylic acids is 1. The maximum absolute atomic E-state index is 12.7. The highest BCUT2D eigenvalue weighted by Crippen LogP contribution is 2.32. The first-order valence-corrected chi connectivity index (χ1v) is 7.44. The Morgan fingerprint density at radius 1 is 1.22 bits per heavy atom. The average molecular weight is 322 g/mol. The Bertz CT molecular complexity index is 699. The molecule has 1 aromatic carbocycles. The molecule has 1 fully saturated rings. The average Bonchev–Trinajstić information content (AvgIpc) is 3.25.